The molecule has 4 rings (SSSR count). The van der Waals surface area contributed by atoms with Crippen LogP contribution in [0.15, 0.2) is 42.7 Å². The van der Waals surface area contributed by atoms with Crippen molar-refractivity contribution < 1.29 is 9.53 Å². The Bertz CT molecular complexity index is 1200. The molecule has 2 atom stereocenters. The highest BCUT2D eigenvalue weighted by Gasteiger charge is 2.30. The number of Topliss-reactive ketones (excluding diaryl/α,β-unsaturated/α-hetero) is 1. The molecule has 1 aliphatic rings. The summed E-state index contributed by atoms with van der Waals surface area (Å²) in [5, 5.41) is 7.91. The first-order valence-electron chi connectivity index (χ1n) is 11.6. The quantitative estimate of drug-likeness (QED) is 0.410. The van der Waals surface area contributed by atoms with Crippen molar-refractivity contribution in [3.05, 3.63) is 70.1 Å². The fraction of sp³-hybridized carbons (Fsp3) is 0.370. The number of nitrogens with zero attached hydrogens (tertiary/aromatic N) is 2. The van der Waals surface area contributed by atoms with Crippen molar-refractivity contribution in [3.8, 4) is 17.0 Å². The van der Waals surface area contributed by atoms with E-state index in [1.807, 2.05) is 43.6 Å². The van der Waals surface area contributed by atoms with Crippen LogP contribution in [0.5, 0.6) is 5.75 Å². The molecule has 0 radical (unpaired) electrons. The number of fused-ring (bicyclic) bond motifs is 1. The lowest BCUT2D eigenvalue weighted by Crippen LogP contribution is -2.29. The molecule has 0 bridgehead atoms. The van der Waals surface area contributed by atoms with E-state index in [1.165, 1.54) is 0 Å². The highest BCUT2D eigenvalue weighted by molar-refractivity contribution is 6.30. The minimum Gasteiger partial charge on any atom is -0.493 e. The van der Waals surface area contributed by atoms with Gasteiger partial charge < -0.3 is 4.74 Å². The van der Waals surface area contributed by atoms with Gasteiger partial charge in [-0.3, -0.25) is 14.9 Å². The van der Waals surface area contributed by atoms with Crippen molar-refractivity contribution in [2.75, 3.05) is 6.61 Å². The van der Waals surface area contributed by atoms with Gasteiger partial charge in [0.05, 0.1) is 24.4 Å². The second-order valence-corrected chi connectivity index (χ2v) is 9.05. The Morgan fingerprint density at radius 3 is 2.85 bits per heavy atom. The van der Waals surface area contributed by atoms with Gasteiger partial charge in [-0.25, -0.2) is 0 Å². The van der Waals surface area contributed by atoms with Gasteiger partial charge in [0.1, 0.15) is 5.75 Å². The number of carbonyl (C=O) groups is 1. The van der Waals surface area contributed by atoms with E-state index in [4.69, 9.17) is 21.3 Å². The standard InChI is InChI=1S/C27H30ClN3O2/c1-5-16(4)21-12-25(23-14-30-31-24(23)7-3)29-13-22(21)20(6-2)27(32)18-10-17-11-19(28)8-9-26(17)33-15-18/h6,8-9,11-14,16,18H,5,7,10,15H2,1-4H3,(H,30,31)/b20-6+. The number of nitrogens with one attached hydrogen (secondary N) is 1. The average molecular weight is 464 g/mol. The number of aromatic nitrogens is 3. The van der Waals surface area contributed by atoms with Gasteiger partial charge in [0.2, 0.25) is 0 Å². The van der Waals surface area contributed by atoms with E-state index >= 15 is 0 Å². The van der Waals surface area contributed by atoms with Crippen molar-refractivity contribution in [3.63, 3.8) is 0 Å². The zero-order valence-electron chi connectivity index (χ0n) is 19.6. The van der Waals surface area contributed by atoms with Gasteiger partial charge >= 0.3 is 0 Å². The molecular weight excluding hydrogens is 434 g/mol. The average Bonchev–Trinajstić information content (AvgIpc) is 3.32. The predicted octanol–water partition coefficient (Wildman–Crippen LogP) is 6.42. The van der Waals surface area contributed by atoms with E-state index in [2.05, 4.69) is 37.0 Å². The number of aromatic amines is 1. The minimum atomic E-state index is -0.257. The molecule has 1 N–H and O–H groups in total. The fourth-order valence-electron chi connectivity index (χ4n) is 4.46. The van der Waals surface area contributed by atoms with E-state index in [0.29, 0.717) is 23.6 Å². The zero-order valence-corrected chi connectivity index (χ0v) is 20.4. The van der Waals surface area contributed by atoms with Crippen LogP contribution in [0, 0.1) is 5.92 Å². The topological polar surface area (TPSA) is 67.9 Å². The van der Waals surface area contributed by atoms with E-state index in [-0.39, 0.29) is 17.6 Å². The summed E-state index contributed by atoms with van der Waals surface area (Å²) in [4.78, 5) is 18.4. The maximum atomic E-state index is 13.7. The number of ether oxygens (including phenoxy) is 1. The molecule has 172 valence electrons. The summed E-state index contributed by atoms with van der Waals surface area (Å²) in [6.07, 6.45) is 8.02. The van der Waals surface area contributed by atoms with Crippen molar-refractivity contribution in [2.24, 2.45) is 5.92 Å². The molecule has 2 unspecified atom stereocenters. The van der Waals surface area contributed by atoms with E-state index in [0.717, 1.165) is 52.2 Å². The molecule has 3 aromatic rings. The first kappa shape index (κ1) is 23.2. The molecule has 0 aliphatic carbocycles. The van der Waals surface area contributed by atoms with E-state index in [9.17, 15) is 4.79 Å². The highest BCUT2D eigenvalue weighted by Crippen LogP contribution is 2.36. The third-order valence-corrected chi connectivity index (χ3v) is 6.81. The van der Waals surface area contributed by atoms with Crippen LogP contribution < -0.4 is 4.74 Å². The molecule has 0 amide bonds. The number of hydrogen-bond donors (Lipinski definition) is 1. The van der Waals surface area contributed by atoms with Gasteiger partial charge in [-0.1, -0.05) is 38.4 Å². The van der Waals surface area contributed by atoms with Crippen LogP contribution in [0.1, 0.15) is 62.4 Å². The third-order valence-electron chi connectivity index (χ3n) is 6.57. The highest BCUT2D eigenvalue weighted by atomic mass is 35.5. The number of hydrogen-bond acceptors (Lipinski definition) is 4. The van der Waals surface area contributed by atoms with Gasteiger partial charge in [-0.15, -0.1) is 0 Å². The molecule has 3 heterocycles. The minimum absolute atomic E-state index is 0.0831. The van der Waals surface area contributed by atoms with Crippen LogP contribution in [-0.4, -0.2) is 27.6 Å². The number of ketones is 1. The number of pyridine rings is 1. The van der Waals surface area contributed by atoms with Crippen molar-refractivity contribution in [2.45, 2.75) is 52.9 Å². The molecule has 1 aliphatic heterocycles. The maximum Gasteiger partial charge on any atom is 0.170 e. The summed E-state index contributed by atoms with van der Waals surface area (Å²) in [5.41, 5.74) is 6.66. The molecule has 2 aromatic heterocycles. The molecule has 1 aromatic carbocycles. The van der Waals surface area contributed by atoms with E-state index in [1.54, 1.807) is 0 Å². The lowest BCUT2D eigenvalue weighted by atomic mass is 9.83. The van der Waals surface area contributed by atoms with Gasteiger partial charge in [0, 0.05) is 33.6 Å². The van der Waals surface area contributed by atoms with Crippen molar-refractivity contribution >= 4 is 23.0 Å². The largest absolute Gasteiger partial charge is 0.493 e. The van der Waals surface area contributed by atoms with Gasteiger partial charge in [0.25, 0.3) is 0 Å². The number of rotatable bonds is 7. The van der Waals surface area contributed by atoms with E-state index < -0.39 is 0 Å². The second kappa shape index (κ2) is 9.92. The summed E-state index contributed by atoms with van der Waals surface area (Å²) >= 11 is 6.17. The summed E-state index contributed by atoms with van der Waals surface area (Å²) in [6, 6.07) is 7.70. The van der Waals surface area contributed by atoms with Crippen molar-refractivity contribution in [1.82, 2.24) is 15.2 Å². The van der Waals surface area contributed by atoms with Crippen LogP contribution in [0.25, 0.3) is 16.8 Å². The Hall–Kier alpha value is -2.92. The Morgan fingerprint density at radius 2 is 2.12 bits per heavy atom. The van der Waals surface area contributed by atoms with Gasteiger partial charge in [0.15, 0.2) is 5.78 Å². The predicted molar refractivity (Wildman–Crippen MR) is 133 cm³/mol. The van der Waals surface area contributed by atoms with Crippen LogP contribution in [0.3, 0.4) is 0 Å². The number of allylic oxidation sites excluding steroid dienone is 2. The Morgan fingerprint density at radius 1 is 1.30 bits per heavy atom. The number of aryl methyl sites for hydroxylation is 1. The van der Waals surface area contributed by atoms with Crippen LogP contribution in [0.2, 0.25) is 5.02 Å². The lowest BCUT2D eigenvalue weighted by Gasteiger charge is -2.26. The molecule has 0 spiro atoms. The van der Waals surface area contributed by atoms with Crippen LogP contribution >= 0.6 is 11.6 Å². The summed E-state index contributed by atoms with van der Waals surface area (Å²) < 4.78 is 5.90. The second-order valence-electron chi connectivity index (χ2n) is 8.61. The summed E-state index contributed by atoms with van der Waals surface area (Å²) in [6.45, 7) is 8.73. The van der Waals surface area contributed by atoms with Gasteiger partial charge in [-0.2, -0.15) is 5.10 Å². The van der Waals surface area contributed by atoms with Crippen molar-refractivity contribution in [1.29, 1.82) is 0 Å². The molecule has 0 fully saturated rings. The fourth-order valence-corrected chi connectivity index (χ4v) is 4.65. The Labute approximate surface area is 200 Å². The molecule has 6 heteroatoms. The first-order chi connectivity index (χ1) is 16.0. The Kier molecular flexibility index (Phi) is 6.99. The Balaban J connectivity index is 1.69. The lowest BCUT2D eigenvalue weighted by molar-refractivity contribution is -0.118. The monoisotopic (exact) mass is 463 g/mol. The third kappa shape index (κ3) is 4.60. The number of carbonyl (C=O) groups excluding carboxylic acids is 1. The molecule has 5 nitrogen and oxygen atoms in total. The molecule has 0 saturated carbocycles. The maximum absolute atomic E-state index is 13.7. The SMILES string of the molecule is C/C=C(/C(=O)C1COc2ccc(Cl)cc2C1)c1cnc(-c2cn[nH]c2CC)cc1C(C)CC. The summed E-state index contributed by atoms with van der Waals surface area (Å²) in [5.74, 6) is 0.916. The molecular formula is C27H30ClN3O2. The zero-order chi connectivity index (χ0) is 23.5. The molecule has 33 heavy (non-hydrogen) atoms. The number of halogens is 1. The van der Waals surface area contributed by atoms with Crippen LogP contribution in [0.4, 0.5) is 0 Å². The summed E-state index contributed by atoms with van der Waals surface area (Å²) in [7, 11) is 0. The number of H-pyrrole nitrogens is 1. The van der Waals surface area contributed by atoms with Gasteiger partial charge in [-0.05, 0) is 67.5 Å². The number of benzene rings is 1. The molecule has 0 saturated heterocycles. The smallest absolute Gasteiger partial charge is 0.170 e. The van der Waals surface area contributed by atoms with Crippen LogP contribution in [-0.2, 0) is 17.6 Å². The first-order valence-corrected chi connectivity index (χ1v) is 12.0. The normalized spacial score (nSPS) is 16.8.